The van der Waals surface area contributed by atoms with E-state index in [1.807, 2.05) is 19.2 Å². The Morgan fingerprint density at radius 1 is 1.05 bits per heavy atom. The van der Waals surface area contributed by atoms with Crippen LogP contribution in [0.2, 0.25) is 0 Å². The number of hydrogen-bond acceptors (Lipinski definition) is 3. The molecule has 20 heavy (non-hydrogen) atoms. The van der Waals surface area contributed by atoms with Crippen molar-refractivity contribution in [3.05, 3.63) is 64.4 Å². The highest BCUT2D eigenvalue weighted by Gasteiger charge is 2.16. The Hall–Kier alpha value is -1.84. The summed E-state index contributed by atoms with van der Waals surface area (Å²) in [5.74, 6) is 0.921. The number of methoxy groups -OCH3 is 1. The third kappa shape index (κ3) is 2.19. The highest BCUT2D eigenvalue weighted by atomic mass is 32.1. The zero-order valence-corrected chi connectivity index (χ0v) is 12.4. The summed E-state index contributed by atoms with van der Waals surface area (Å²) in [6.45, 7) is 0. The van der Waals surface area contributed by atoms with Crippen LogP contribution >= 0.6 is 11.3 Å². The lowest BCUT2D eigenvalue weighted by Gasteiger charge is -2.19. The largest absolute Gasteiger partial charge is 0.496 e. The molecule has 0 aliphatic rings. The van der Waals surface area contributed by atoms with Crippen molar-refractivity contribution in [1.82, 2.24) is 5.32 Å². The van der Waals surface area contributed by atoms with Crippen molar-refractivity contribution in [1.29, 1.82) is 0 Å². The van der Waals surface area contributed by atoms with E-state index in [1.165, 1.54) is 16.5 Å². The number of rotatable bonds is 4. The smallest absolute Gasteiger partial charge is 0.126 e. The summed E-state index contributed by atoms with van der Waals surface area (Å²) >= 11 is 1.73. The predicted molar refractivity (Wildman–Crippen MR) is 85.7 cm³/mol. The van der Waals surface area contributed by atoms with Crippen LogP contribution in [0.25, 0.3) is 10.8 Å². The van der Waals surface area contributed by atoms with Crippen LogP contribution in [0, 0.1) is 0 Å². The molecule has 0 spiro atoms. The molecule has 0 aliphatic heterocycles. The van der Waals surface area contributed by atoms with Gasteiger partial charge in [-0.05, 0) is 46.5 Å². The number of nitrogens with one attached hydrogen (secondary N) is 1. The van der Waals surface area contributed by atoms with Crippen LogP contribution in [0.3, 0.4) is 0 Å². The van der Waals surface area contributed by atoms with Gasteiger partial charge in [-0.3, -0.25) is 0 Å². The van der Waals surface area contributed by atoms with E-state index < -0.39 is 0 Å². The second kappa shape index (κ2) is 5.65. The molecule has 3 rings (SSSR count). The Morgan fingerprint density at radius 3 is 2.50 bits per heavy atom. The molecule has 1 unspecified atom stereocenters. The van der Waals surface area contributed by atoms with Gasteiger partial charge in [-0.15, -0.1) is 0 Å². The number of thiophene rings is 1. The fourth-order valence-corrected chi connectivity index (χ4v) is 3.35. The monoisotopic (exact) mass is 283 g/mol. The normalized spacial score (nSPS) is 12.5. The molecule has 1 heterocycles. The van der Waals surface area contributed by atoms with Crippen molar-refractivity contribution < 1.29 is 4.74 Å². The van der Waals surface area contributed by atoms with Crippen molar-refractivity contribution in [2.24, 2.45) is 0 Å². The zero-order chi connectivity index (χ0) is 13.9. The molecule has 0 fully saturated rings. The van der Waals surface area contributed by atoms with Crippen LogP contribution in [-0.2, 0) is 0 Å². The van der Waals surface area contributed by atoms with Crippen LogP contribution < -0.4 is 10.1 Å². The van der Waals surface area contributed by atoms with Crippen molar-refractivity contribution in [3.8, 4) is 5.75 Å². The first-order chi connectivity index (χ1) is 9.85. The standard InChI is InChI=1S/C17H17NOS/c1-18-17(12-9-10-20-11-12)15-7-8-16(19-2)14-6-4-3-5-13(14)15/h3-11,17-18H,1-2H3. The Balaban J connectivity index is 2.21. The number of fused-ring (bicyclic) bond motifs is 1. The van der Waals surface area contributed by atoms with Crippen molar-refractivity contribution >= 4 is 22.1 Å². The molecule has 0 amide bonds. The Kier molecular flexibility index (Phi) is 3.72. The molecule has 2 nitrogen and oxygen atoms in total. The summed E-state index contributed by atoms with van der Waals surface area (Å²) in [5.41, 5.74) is 2.58. The topological polar surface area (TPSA) is 21.3 Å². The fraction of sp³-hybridized carbons (Fsp3) is 0.176. The molecule has 3 heteroatoms. The van der Waals surface area contributed by atoms with E-state index in [-0.39, 0.29) is 6.04 Å². The molecule has 0 saturated heterocycles. The van der Waals surface area contributed by atoms with Crippen LogP contribution in [-0.4, -0.2) is 14.2 Å². The highest BCUT2D eigenvalue weighted by molar-refractivity contribution is 7.08. The minimum atomic E-state index is 0.206. The Bertz CT molecular complexity index is 706. The van der Waals surface area contributed by atoms with Gasteiger partial charge in [0.05, 0.1) is 13.2 Å². The van der Waals surface area contributed by atoms with E-state index in [1.54, 1.807) is 18.4 Å². The van der Waals surface area contributed by atoms with Gasteiger partial charge in [0.25, 0.3) is 0 Å². The van der Waals surface area contributed by atoms with E-state index in [0.29, 0.717) is 0 Å². The maximum atomic E-state index is 5.47. The second-order valence-electron chi connectivity index (χ2n) is 4.68. The number of hydrogen-bond donors (Lipinski definition) is 1. The summed E-state index contributed by atoms with van der Waals surface area (Å²) in [5, 5.41) is 10.1. The van der Waals surface area contributed by atoms with Crippen LogP contribution in [0.5, 0.6) is 5.75 Å². The van der Waals surface area contributed by atoms with Gasteiger partial charge in [-0.25, -0.2) is 0 Å². The fourth-order valence-electron chi connectivity index (χ4n) is 2.67. The summed E-state index contributed by atoms with van der Waals surface area (Å²) in [6, 6.07) is 15.0. The molecule has 102 valence electrons. The van der Waals surface area contributed by atoms with E-state index in [9.17, 15) is 0 Å². The lowest BCUT2D eigenvalue weighted by molar-refractivity contribution is 0.419. The first-order valence-electron chi connectivity index (χ1n) is 6.60. The van der Waals surface area contributed by atoms with E-state index in [4.69, 9.17) is 4.74 Å². The molecular formula is C17H17NOS. The van der Waals surface area contributed by atoms with Crippen molar-refractivity contribution in [3.63, 3.8) is 0 Å². The van der Waals surface area contributed by atoms with Gasteiger partial charge in [0, 0.05) is 5.39 Å². The van der Waals surface area contributed by atoms with Crippen LogP contribution in [0.15, 0.2) is 53.2 Å². The van der Waals surface area contributed by atoms with Gasteiger partial charge in [-0.1, -0.05) is 30.3 Å². The van der Waals surface area contributed by atoms with Crippen molar-refractivity contribution in [2.45, 2.75) is 6.04 Å². The molecule has 0 aliphatic carbocycles. The third-order valence-corrected chi connectivity index (χ3v) is 4.32. The first-order valence-corrected chi connectivity index (χ1v) is 7.54. The average molecular weight is 283 g/mol. The van der Waals surface area contributed by atoms with Gasteiger partial charge in [0.15, 0.2) is 0 Å². The van der Waals surface area contributed by atoms with E-state index >= 15 is 0 Å². The third-order valence-electron chi connectivity index (χ3n) is 3.61. The summed E-state index contributed by atoms with van der Waals surface area (Å²) in [7, 11) is 3.72. The van der Waals surface area contributed by atoms with Crippen molar-refractivity contribution in [2.75, 3.05) is 14.2 Å². The molecule has 1 atom stereocenters. The van der Waals surface area contributed by atoms with Crippen LogP contribution in [0.1, 0.15) is 17.2 Å². The van der Waals surface area contributed by atoms with Gasteiger partial charge >= 0.3 is 0 Å². The molecule has 1 aromatic heterocycles. The maximum absolute atomic E-state index is 5.47. The Morgan fingerprint density at radius 2 is 1.85 bits per heavy atom. The molecule has 0 bridgehead atoms. The number of benzene rings is 2. The highest BCUT2D eigenvalue weighted by Crippen LogP contribution is 2.34. The summed E-state index contributed by atoms with van der Waals surface area (Å²) in [6.07, 6.45) is 0. The van der Waals surface area contributed by atoms with Gasteiger partial charge in [0.1, 0.15) is 5.75 Å². The SMILES string of the molecule is CNC(c1ccsc1)c1ccc(OC)c2ccccc12. The minimum Gasteiger partial charge on any atom is -0.496 e. The van der Waals surface area contributed by atoms with Gasteiger partial charge in [0.2, 0.25) is 0 Å². The maximum Gasteiger partial charge on any atom is 0.126 e. The lowest BCUT2D eigenvalue weighted by atomic mass is 9.95. The Labute approximate surface area is 123 Å². The van der Waals surface area contributed by atoms with E-state index in [0.717, 1.165) is 11.1 Å². The quantitative estimate of drug-likeness (QED) is 0.774. The molecule has 3 aromatic rings. The summed E-state index contributed by atoms with van der Waals surface area (Å²) < 4.78 is 5.47. The average Bonchev–Trinajstić information content (AvgIpc) is 3.02. The lowest BCUT2D eigenvalue weighted by Crippen LogP contribution is -2.17. The molecule has 0 saturated carbocycles. The van der Waals surface area contributed by atoms with Gasteiger partial charge in [-0.2, -0.15) is 11.3 Å². The molecule has 1 N–H and O–H groups in total. The zero-order valence-electron chi connectivity index (χ0n) is 11.6. The van der Waals surface area contributed by atoms with Crippen LogP contribution in [0.4, 0.5) is 0 Å². The van der Waals surface area contributed by atoms with Gasteiger partial charge < -0.3 is 10.1 Å². The molecular weight excluding hydrogens is 266 g/mol. The predicted octanol–water partition coefficient (Wildman–Crippen LogP) is 4.22. The first kappa shape index (κ1) is 13.2. The minimum absolute atomic E-state index is 0.206. The molecule has 2 aromatic carbocycles. The summed E-state index contributed by atoms with van der Waals surface area (Å²) in [4.78, 5) is 0. The molecule has 0 radical (unpaired) electrons. The van der Waals surface area contributed by atoms with E-state index in [2.05, 4.69) is 46.4 Å². The number of ether oxygens (including phenoxy) is 1. The second-order valence-corrected chi connectivity index (χ2v) is 5.46.